The Kier molecular flexibility index (Phi) is 5.16. The first-order valence-corrected chi connectivity index (χ1v) is 9.94. The average Bonchev–Trinajstić information content (AvgIpc) is 3.51. The van der Waals surface area contributed by atoms with Crippen LogP contribution in [0.5, 0.6) is 0 Å². The lowest BCUT2D eigenvalue weighted by Gasteiger charge is -2.12. The molecule has 5 aromatic rings. The Morgan fingerprint density at radius 3 is 2.44 bits per heavy atom. The zero-order chi connectivity index (χ0) is 24.0. The molecule has 0 atom stereocenters. The van der Waals surface area contributed by atoms with E-state index in [1.165, 1.54) is 43.6 Å². The number of hydrogen-bond acceptors (Lipinski definition) is 7. The molecule has 5 rings (SSSR count). The minimum absolute atomic E-state index is 0.0409. The van der Waals surface area contributed by atoms with Gasteiger partial charge in [0.1, 0.15) is 17.1 Å². The lowest BCUT2D eigenvalue weighted by Crippen LogP contribution is -2.14. The summed E-state index contributed by atoms with van der Waals surface area (Å²) in [6, 6.07) is 6.62. The molecule has 0 saturated carbocycles. The number of hydrogen-bond donors (Lipinski definition) is 0. The Morgan fingerprint density at radius 2 is 1.79 bits per heavy atom. The van der Waals surface area contributed by atoms with Crippen LogP contribution in [-0.2, 0) is 6.18 Å². The maximum absolute atomic E-state index is 14.7. The van der Waals surface area contributed by atoms with E-state index in [0.717, 1.165) is 12.3 Å². The van der Waals surface area contributed by atoms with Crippen molar-refractivity contribution in [3.63, 3.8) is 0 Å². The summed E-state index contributed by atoms with van der Waals surface area (Å²) in [5.74, 6) is -1.27. The number of nitrogens with zero attached hydrogens (tertiary/aromatic N) is 6. The van der Waals surface area contributed by atoms with Crippen molar-refractivity contribution in [2.45, 2.75) is 13.1 Å². The second-order valence-electron chi connectivity index (χ2n) is 6.98. The molecule has 0 fully saturated rings. The Bertz CT molecular complexity index is 1470. The minimum atomic E-state index is -4.86. The molecule has 0 aliphatic carbocycles. The Balaban J connectivity index is 1.82. The van der Waals surface area contributed by atoms with Gasteiger partial charge in [-0.3, -0.25) is 4.98 Å². The van der Waals surface area contributed by atoms with E-state index in [1.54, 1.807) is 0 Å². The highest BCUT2D eigenvalue weighted by atomic mass is 35.5. The van der Waals surface area contributed by atoms with E-state index < -0.39 is 29.0 Å². The second kappa shape index (κ2) is 8.06. The molecule has 0 aliphatic heterocycles. The van der Waals surface area contributed by atoms with Gasteiger partial charge in [0.25, 0.3) is 5.89 Å². The van der Waals surface area contributed by atoms with Gasteiger partial charge in [-0.25, -0.2) is 9.07 Å². The molecule has 8 nitrogen and oxygen atoms in total. The summed E-state index contributed by atoms with van der Waals surface area (Å²) in [5.41, 5.74) is -2.07. The fourth-order valence-electron chi connectivity index (χ4n) is 3.43. The second-order valence-corrected chi connectivity index (χ2v) is 7.39. The van der Waals surface area contributed by atoms with Crippen LogP contribution in [0.2, 0.25) is 5.02 Å². The van der Waals surface area contributed by atoms with Crippen molar-refractivity contribution in [3.05, 3.63) is 71.3 Å². The van der Waals surface area contributed by atoms with Crippen molar-refractivity contribution in [2.75, 3.05) is 0 Å². The van der Waals surface area contributed by atoms with E-state index >= 15 is 0 Å². The molecule has 0 amide bonds. The summed E-state index contributed by atoms with van der Waals surface area (Å²) in [6.07, 6.45) is -1.24. The van der Waals surface area contributed by atoms with Crippen LogP contribution in [0, 0.1) is 12.7 Å². The number of halogens is 5. The maximum atomic E-state index is 14.7. The molecule has 13 heteroatoms. The third kappa shape index (κ3) is 3.61. The highest BCUT2D eigenvalue weighted by Crippen LogP contribution is 2.46. The quantitative estimate of drug-likeness (QED) is 0.295. The van der Waals surface area contributed by atoms with Gasteiger partial charge >= 0.3 is 6.18 Å². The molecule has 4 heterocycles. The van der Waals surface area contributed by atoms with Crippen molar-refractivity contribution >= 4 is 11.6 Å². The van der Waals surface area contributed by atoms with Gasteiger partial charge in [0, 0.05) is 19.3 Å². The first-order valence-electron chi connectivity index (χ1n) is 9.56. The molecule has 4 aromatic heterocycles. The van der Waals surface area contributed by atoms with Crippen LogP contribution in [0.1, 0.15) is 11.6 Å². The standard InChI is InChI=1S/C21H11ClF4N6O2/c1-10-29-30-20(33-10)16-17(15-13(22)3-2-4-14(15)23)31-34-18(16)12-9-28-32(19(12)21(24,25)26)11-5-7-27-8-6-11/h2-9H,1H3. The van der Waals surface area contributed by atoms with Gasteiger partial charge in [0.05, 0.1) is 28.0 Å². The van der Waals surface area contributed by atoms with Crippen molar-refractivity contribution < 1.29 is 26.5 Å². The Labute approximate surface area is 192 Å². The summed E-state index contributed by atoms with van der Waals surface area (Å²) in [7, 11) is 0. The van der Waals surface area contributed by atoms with Gasteiger partial charge < -0.3 is 8.94 Å². The Hall–Kier alpha value is -4.06. The highest BCUT2D eigenvalue weighted by Gasteiger charge is 2.42. The van der Waals surface area contributed by atoms with Crippen LogP contribution in [0.3, 0.4) is 0 Å². The molecule has 0 unspecified atom stereocenters. The third-order valence-corrected chi connectivity index (χ3v) is 5.14. The van der Waals surface area contributed by atoms with Gasteiger partial charge in [0.2, 0.25) is 5.89 Å². The van der Waals surface area contributed by atoms with Crippen molar-refractivity contribution in [1.29, 1.82) is 0 Å². The highest BCUT2D eigenvalue weighted by molar-refractivity contribution is 6.33. The van der Waals surface area contributed by atoms with E-state index in [4.69, 9.17) is 20.5 Å². The molecule has 0 bridgehead atoms. The lowest BCUT2D eigenvalue weighted by atomic mass is 10.0. The van der Waals surface area contributed by atoms with Crippen LogP contribution in [0.15, 0.2) is 57.9 Å². The number of aromatic nitrogens is 6. The molecule has 172 valence electrons. The zero-order valence-electron chi connectivity index (χ0n) is 17.0. The fraction of sp³-hybridized carbons (Fsp3) is 0.0952. The zero-order valence-corrected chi connectivity index (χ0v) is 17.8. The molecule has 0 N–H and O–H groups in total. The summed E-state index contributed by atoms with van der Waals surface area (Å²) in [5, 5.41) is 15.3. The van der Waals surface area contributed by atoms with Gasteiger partial charge in [-0.1, -0.05) is 22.8 Å². The normalized spacial score (nSPS) is 11.8. The van der Waals surface area contributed by atoms with Crippen LogP contribution in [0.4, 0.5) is 17.6 Å². The molecular formula is C21H11ClF4N6O2. The SMILES string of the molecule is Cc1nnc(-c2c(-c3c(F)cccc3Cl)noc2-c2cnn(-c3ccncc3)c2C(F)(F)F)o1. The fourth-order valence-corrected chi connectivity index (χ4v) is 3.69. The monoisotopic (exact) mass is 490 g/mol. The number of pyridine rings is 1. The van der Waals surface area contributed by atoms with Gasteiger partial charge in [-0.15, -0.1) is 10.2 Å². The predicted molar refractivity (Wildman–Crippen MR) is 110 cm³/mol. The molecule has 34 heavy (non-hydrogen) atoms. The van der Waals surface area contributed by atoms with Crippen LogP contribution in [0.25, 0.3) is 39.7 Å². The van der Waals surface area contributed by atoms with E-state index in [9.17, 15) is 17.6 Å². The van der Waals surface area contributed by atoms with Crippen molar-refractivity contribution in [2.24, 2.45) is 0 Å². The molecule has 0 aliphatic rings. The lowest BCUT2D eigenvalue weighted by molar-refractivity contribution is -0.142. The molecule has 1 aromatic carbocycles. The molecular weight excluding hydrogens is 480 g/mol. The smallest absolute Gasteiger partial charge is 0.421 e. The topological polar surface area (TPSA) is 95.7 Å². The summed E-state index contributed by atoms with van der Waals surface area (Å²) >= 11 is 6.18. The number of aryl methyl sites for hydroxylation is 1. The largest absolute Gasteiger partial charge is 0.434 e. The van der Waals surface area contributed by atoms with Crippen LogP contribution < -0.4 is 0 Å². The third-order valence-electron chi connectivity index (χ3n) is 4.82. The Morgan fingerprint density at radius 1 is 1.03 bits per heavy atom. The maximum Gasteiger partial charge on any atom is 0.434 e. The summed E-state index contributed by atoms with van der Waals surface area (Å²) in [4.78, 5) is 3.81. The van der Waals surface area contributed by atoms with Crippen molar-refractivity contribution in [1.82, 2.24) is 30.1 Å². The molecule has 0 radical (unpaired) electrons. The first-order chi connectivity index (χ1) is 16.3. The van der Waals surface area contributed by atoms with Crippen LogP contribution >= 0.6 is 11.6 Å². The van der Waals surface area contributed by atoms with E-state index in [1.807, 2.05) is 0 Å². The van der Waals surface area contributed by atoms with E-state index in [2.05, 4.69) is 25.4 Å². The summed E-state index contributed by atoms with van der Waals surface area (Å²) in [6.45, 7) is 1.49. The van der Waals surface area contributed by atoms with Gasteiger partial charge in [0.15, 0.2) is 11.5 Å². The molecule has 0 spiro atoms. The number of rotatable bonds is 4. The van der Waals surface area contributed by atoms with E-state index in [-0.39, 0.29) is 39.3 Å². The van der Waals surface area contributed by atoms with E-state index in [0.29, 0.717) is 4.68 Å². The first kappa shape index (κ1) is 21.8. The van der Waals surface area contributed by atoms with Crippen molar-refractivity contribution in [3.8, 4) is 39.7 Å². The van der Waals surface area contributed by atoms with Crippen LogP contribution in [-0.4, -0.2) is 30.1 Å². The number of alkyl halides is 3. The number of benzene rings is 1. The predicted octanol–water partition coefficient (Wildman–Crippen LogP) is 5.76. The molecule has 0 saturated heterocycles. The van der Waals surface area contributed by atoms with Gasteiger partial charge in [-0.2, -0.15) is 18.3 Å². The minimum Gasteiger partial charge on any atom is -0.421 e. The summed E-state index contributed by atoms with van der Waals surface area (Å²) < 4.78 is 68.9. The average molecular weight is 491 g/mol. The van der Waals surface area contributed by atoms with Gasteiger partial charge in [-0.05, 0) is 24.3 Å².